The number of nitrogens with two attached hydrogens (primary N) is 2. The molecule has 0 saturated carbocycles. The Balaban J connectivity index is -0.000000753. The van der Waals surface area contributed by atoms with Crippen molar-refractivity contribution in [2.75, 3.05) is 26.7 Å². The summed E-state index contributed by atoms with van der Waals surface area (Å²) < 4.78 is 13.1. The van der Waals surface area contributed by atoms with Crippen molar-refractivity contribution in [1.29, 1.82) is 0 Å². The van der Waals surface area contributed by atoms with Crippen LogP contribution in [0.15, 0.2) is 36.5 Å². The van der Waals surface area contributed by atoms with Crippen molar-refractivity contribution in [3.05, 3.63) is 55.3 Å². The van der Waals surface area contributed by atoms with Gasteiger partial charge in [0.1, 0.15) is 5.82 Å². The van der Waals surface area contributed by atoms with Crippen LogP contribution >= 0.6 is 0 Å². The van der Waals surface area contributed by atoms with Gasteiger partial charge in [0, 0.05) is 38.7 Å². The van der Waals surface area contributed by atoms with E-state index in [1.54, 1.807) is 26.1 Å². The molecule has 2 amide bonds. The zero-order valence-corrected chi connectivity index (χ0v) is 26.8. The number of carbonyl (C=O) groups is 2. The molecule has 1 aromatic rings. The van der Waals surface area contributed by atoms with E-state index < -0.39 is 0 Å². The molecule has 1 saturated heterocycles. The number of hydrogen-bond acceptors (Lipinski definition) is 6. The van der Waals surface area contributed by atoms with Gasteiger partial charge in [0.05, 0.1) is 12.1 Å². The molecule has 2 rings (SSSR count). The number of halogens is 1. The van der Waals surface area contributed by atoms with E-state index in [2.05, 4.69) is 24.1 Å². The molecule has 1 aliphatic rings. The molecule has 208 valence electrons. The third kappa shape index (κ3) is 21.7. The molecule has 2 atom stereocenters. The first-order valence-electron chi connectivity index (χ1n) is 12.4. The van der Waals surface area contributed by atoms with Gasteiger partial charge in [-0.1, -0.05) is 25.6 Å². The molecule has 0 aliphatic carbocycles. The predicted octanol–water partition coefficient (Wildman–Crippen LogP) is -0.138. The Morgan fingerprint density at radius 1 is 1.30 bits per heavy atom. The molecule has 0 radical (unpaired) electrons. The number of benzene rings is 1. The average Bonchev–Trinajstić information content (AvgIpc) is 3.36. The smallest absolute Gasteiger partial charge is 0.402 e. The predicted molar refractivity (Wildman–Crippen MR) is 146 cm³/mol. The van der Waals surface area contributed by atoms with Gasteiger partial charge in [0.25, 0.3) is 0 Å². The van der Waals surface area contributed by atoms with Crippen molar-refractivity contribution in [1.82, 2.24) is 15.5 Å². The molecule has 0 spiro atoms. The van der Waals surface area contributed by atoms with Crippen molar-refractivity contribution in [2.45, 2.75) is 77.5 Å². The van der Waals surface area contributed by atoms with E-state index in [4.69, 9.17) is 16.6 Å². The summed E-state index contributed by atoms with van der Waals surface area (Å²) in [5.74, 6) is -0.166. The van der Waals surface area contributed by atoms with E-state index in [0.29, 0.717) is 31.6 Å². The van der Waals surface area contributed by atoms with Crippen molar-refractivity contribution < 1.29 is 70.5 Å². The zero-order valence-electron chi connectivity index (χ0n) is 23.7. The van der Waals surface area contributed by atoms with Crippen LogP contribution in [-0.2, 0) is 16.1 Å². The fourth-order valence-corrected chi connectivity index (χ4v) is 3.29. The number of nitrogens with zero attached hydrogens (tertiary/aromatic N) is 1. The summed E-state index contributed by atoms with van der Waals surface area (Å²) in [6.45, 7) is 9.91. The number of rotatable bonds is 11. The maximum absolute atomic E-state index is 13.1. The second-order valence-corrected chi connectivity index (χ2v) is 8.67. The number of nitrogens with one attached hydrogen (secondary N) is 2. The van der Waals surface area contributed by atoms with E-state index in [1.807, 2.05) is 4.90 Å². The van der Waals surface area contributed by atoms with Crippen molar-refractivity contribution in [2.24, 2.45) is 11.5 Å². The molecule has 7 N–H and O–H groups in total. The third-order valence-electron chi connectivity index (χ3n) is 5.16. The van der Waals surface area contributed by atoms with Crippen LogP contribution in [0.25, 0.3) is 0 Å². The van der Waals surface area contributed by atoms with E-state index in [0.717, 1.165) is 50.8 Å². The molecule has 10 heteroatoms. The van der Waals surface area contributed by atoms with Crippen molar-refractivity contribution >= 4 is 11.8 Å². The van der Waals surface area contributed by atoms with Gasteiger partial charge in [0.2, 0.25) is 11.8 Å². The van der Waals surface area contributed by atoms with Crippen LogP contribution in [0.2, 0.25) is 0 Å². The maximum atomic E-state index is 13.1. The Kier molecular flexibility index (Phi) is 27.9. The first-order valence-corrected chi connectivity index (χ1v) is 12.4. The Bertz CT molecular complexity index is 727. The van der Waals surface area contributed by atoms with Crippen LogP contribution in [0.4, 0.5) is 4.39 Å². The fourth-order valence-electron chi connectivity index (χ4n) is 3.29. The topological polar surface area (TPSA) is 134 Å². The average molecular weight is 550 g/mol. The number of amides is 2. The number of carbonyl (C=O) groups excluding carboxylic acids is 2. The number of aliphatic hydroxyl groups excluding tert-OH is 1. The molecule has 8 nitrogen and oxygen atoms in total. The van der Waals surface area contributed by atoms with Gasteiger partial charge >= 0.3 is 51.4 Å². The quantitative estimate of drug-likeness (QED) is 0.148. The summed E-state index contributed by atoms with van der Waals surface area (Å²) in [7, 11) is 1.62. The van der Waals surface area contributed by atoms with E-state index in [1.165, 1.54) is 12.1 Å². The van der Waals surface area contributed by atoms with Crippen LogP contribution in [0.3, 0.4) is 0 Å². The Morgan fingerprint density at radius 3 is 2.30 bits per heavy atom. The minimum Gasteiger partial charge on any atom is -0.402 e. The van der Waals surface area contributed by atoms with Crippen LogP contribution in [0.5, 0.6) is 0 Å². The number of aliphatic hydroxyl groups is 1. The van der Waals surface area contributed by atoms with Gasteiger partial charge in [-0.05, 0) is 69.8 Å². The number of hydrogen-bond donors (Lipinski definition) is 5. The maximum Gasteiger partial charge on any atom is 1.00 e. The molecule has 1 unspecified atom stereocenters. The van der Waals surface area contributed by atoms with E-state index >= 15 is 0 Å². The SMILES string of the molecule is C=C(N)C[C@@H](C)O.CCCN.CNC(=O)CCCCN(Cc1ccc(F)cc1)C(=O)C1CCCN1.[CH3-].[K+]. The largest absolute Gasteiger partial charge is 1.00 e. The molecule has 1 heterocycles. The summed E-state index contributed by atoms with van der Waals surface area (Å²) >= 11 is 0. The zero-order chi connectivity index (χ0) is 26.6. The summed E-state index contributed by atoms with van der Waals surface area (Å²) in [4.78, 5) is 25.8. The Hall–Kier alpha value is -0.854. The van der Waals surface area contributed by atoms with Gasteiger partial charge < -0.3 is 39.5 Å². The normalized spacial score (nSPS) is 14.3. The molecule has 1 aromatic carbocycles. The molecule has 1 fully saturated rings. The minimum absolute atomic E-state index is 0. The second kappa shape index (κ2) is 25.4. The third-order valence-corrected chi connectivity index (χ3v) is 5.16. The van der Waals surface area contributed by atoms with Crippen LogP contribution in [0.1, 0.15) is 64.4 Å². The van der Waals surface area contributed by atoms with Crippen LogP contribution in [0, 0.1) is 13.2 Å². The van der Waals surface area contributed by atoms with Crippen LogP contribution < -0.4 is 73.5 Å². The molecular weight excluding hydrogens is 500 g/mol. The fraction of sp³-hybridized carbons (Fsp3) is 0.593. The van der Waals surface area contributed by atoms with Gasteiger partial charge in [-0.15, -0.1) is 0 Å². The van der Waals surface area contributed by atoms with Crippen molar-refractivity contribution in [3.63, 3.8) is 0 Å². The van der Waals surface area contributed by atoms with Crippen LogP contribution in [-0.4, -0.2) is 60.6 Å². The molecule has 37 heavy (non-hydrogen) atoms. The van der Waals surface area contributed by atoms with Gasteiger partial charge in [-0.2, -0.15) is 0 Å². The molecule has 0 aromatic heterocycles. The van der Waals surface area contributed by atoms with Gasteiger partial charge in [-0.3, -0.25) is 9.59 Å². The first-order chi connectivity index (χ1) is 16.6. The summed E-state index contributed by atoms with van der Waals surface area (Å²) in [6.07, 6.45) is 5.10. The van der Waals surface area contributed by atoms with E-state index in [-0.39, 0.29) is 88.6 Å². The Morgan fingerprint density at radius 2 is 1.89 bits per heavy atom. The first kappa shape index (κ1) is 40.6. The van der Waals surface area contributed by atoms with E-state index in [9.17, 15) is 14.0 Å². The summed E-state index contributed by atoms with van der Waals surface area (Å²) in [5, 5.41) is 14.4. The van der Waals surface area contributed by atoms with Gasteiger partial charge in [0.15, 0.2) is 0 Å². The molecular formula is C27H49FKN5O3. The monoisotopic (exact) mass is 549 g/mol. The summed E-state index contributed by atoms with van der Waals surface area (Å²) in [5.41, 5.74) is 11.6. The van der Waals surface area contributed by atoms with Crippen molar-refractivity contribution in [3.8, 4) is 0 Å². The standard InChI is InChI=1S/C18H26FN3O2.C5H11NO.C3H9N.CH3.K/c1-20-17(23)6-2-3-12-22(18(24)16-5-4-11-21-16)13-14-7-9-15(19)10-8-14;1-4(6)3-5(2)7;1-2-3-4;;/h7-10,16,21H,2-6,11-13H2,1H3,(H,20,23);5,7H,1,3,6H2,2H3;2-4H2,1H3;1H3;/q;;;-1;+1/t;5-;;;/m.1.../s1. The van der Waals surface area contributed by atoms with Gasteiger partial charge in [-0.25, -0.2) is 4.39 Å². The Labute approximate surface area is 266 Å². The number of unbranched alkanes of at least 4 members (excludes halogenated alkanes) is 1. The minimum atomic E-state index is -0.350. The molecule has 0 bridgehead atoms. The second-order valence-electron chi connectivity index (χ2n) is 8.67. The summed E-state index contributed by atoms with van der Waals surface area (Å²) in [6, 6.07) is 6.13. The molecule has 1 aliphatic heterocycles.